The molecule has 0 atom stereocenters. The number of rotatable bonds is 11. The van der Waals surface area contributed by atoms with E-state index in [1.54, 1.807) is 24.5 Å². The zero-order chi connectivity index (χ0) is 75.8. The molecule has 498 valence electrons. The Hall–Kier alpha value is -17.7. The fourth-order valence-corrected chi connectivity index (χ4v) is 14.7. The predicted octanol–water partition coefficient (Wildman–Crippen LogP) is 18.9. The van der Waals surface area contributed by atoms with Crippen molar-refractivity contribution in [2.24, 2.45) is 0 Å². The van der Waals surface area contributed by atoms with Gasteiger partial charge in [-0.15, -0.1) is 0 Å². The van der Waals surface area contributed by atoms with E-state index in [2.05, 4.69) is 93.0 Å². The Morgan fingerprint density at radius 3 is 0.764 bits per heavy atom. The Labute approximate surface area is 627 Å². The molecule has 18 nitrogen and oxygen atoms in total. The van der Waals surface area contributed by atoms with Gasteiger partial charge in [-0.25, -0.2) is 15.0 Å². The molecular weight excluding hydrogens is 1360 g/mol. The van der Waals surface area contributed by atoms with Gasteiger partial charge in [0.1, 0.15) is 0 Å². The van der Waals surface area contributed by atoms with Crippen molar-refractivity contribution in [2.75, 3.05) is 0 Å². The van der Waals surface area contributed by atoms with E-state index in [9.17, 15) is 63.1 Å². The fourth-order valence-electron chi connectivity index (χ4n) is 14.7. The second-order valence-electron chi connectivity index (χ2n) is 25.5. The average Bonchev–Trinajstić information content (AvgIpc) is 1.56. The molecule has 0 unspecified atom stereocenters. The summed E-state index contributed by atoms with van der Waals surface area (Å²) < 4.78 is 4.18. The number of pyridine rings is 1. The minimum Gasteiger partial charge on any atom is -0.309 e. The lowest BCUT2D eigenvalue weighted by Gasteiger charge is -2.21. The van der Waals surface area contributed by atoms with Gasteiger partial charge in [0.05, 0.1) is 173 Å². The molecule has 18 heteroatoms. The van der Waals surface area contributed by atoms with Gasteiger partial charge in [-0.2, -0.15) is 63.1 Å². The summed E-state index contributed by atoms with van der Waals surface area (Å²) in [5.41, 5.74) is 12.6. The zero-order valence-electron chi connectivity index (χ0n) is 57.1. The van der Waals surface area contributed by atoms with Crippen LogP contribution in [0.15, 0.2) is 243 Å². The van der Waals surface area contributed by atoms with Gasteiger partial charge < -0.3 is 9.13 Å². The van der Waals surface area contributed by atoms with Gasteiger partial charge in [0.25, 0.3) is 0 Å². The van der Waals surface area contributed by atoms with Crippen LogP contribution in [0.5, 0.6) is 0 Å². The highest BCUT2D eigenvalue weighted by molar-refractivity contribution is 6.15. The zero-order valence-corrected chi connectivity index (χ0v) is 57.1. The Morgan fingerprint density at radius 2 is 0.482 bits per heavy atom. The monoisotopic (exact) mass is 1400 g/mol. The summed E-state index contributed by atoms with van der Waals surface area (Å²) in [5.74, 6) is 1.11. The number of benzene rings is 12. The molecule has 0 N–H and O–H groups in total. The Balaban J connectivity index is 1.05. The lowest BCUT2D eigenvalue weighted by molar-refractivity contribution is 1.07. The highest BCUT2D eigenvalue weighted by Gasteiger charge is 2.28. The number of hydrogen-bond acceptors (Lipinski definition) is 16. The van der Waals surface area contributed by atoms with Crippen molar-refractivity contribution in [3.8, 4) is 185 Å². The van der Waals surface area contributed by atoms with Crippen molar-refractivity contribution in [3.63, 3.8) is 0 Å². The number of nitriles is 12. The van der Waals surface area contributed by atoms with Crippen LogP contribution in [0.3, 0.4) is 0 Å². The summed E-state index contributed by atoms with van der Waals surface area (Å²) >= 11 is 0. The summed E-state index contributed by atoms with van der Waals surface area (Å²) in [5, 5.41) is 129. The van der Waals surface area contributed by atoms with Gasteiger partial charge in [-0.1, -0.05) is 109 Å². The topological polar surface area (TPSA) is 347 Å². The molecule has 16 aromatic rings. The molecule has 12 aromatic carbocycles. The minimum atomic E-state index is 0.0813. The molecule has 0 fully saturated rings. The number of hydrogen-bond donors (Lipinski definition) is 0. The van der Waals surface area contributed by atoms with Crippen LogP contribution in [0.4, 0.5) is 0 Å². The van der Waals surface area contributed by atoms with Gasteiger partial charge in [0, 0.05) is 84.0 Å². The van der Waals surface area contributed by atoms with Crippen LogP contribution in [0.1, 0.15) is 66.8 Å². The van der Waals surface area contributed by atoms with Crippen molar-refractivity contribution in [1.29, 1.82) is 63.1 Å². The van der Waals surface area contributed by atoms with Crippen molar-refractivity contribution in [2.45, 2.75) is 0 Å². The fraction of sp³-hybridized carbons (Fsp3) is 0. The third-order valence-electron chi connectivity index (χ3n) is 19.5. The predicted molar refractivity (Wildman–Crippen MR) is 412 cm³/mol. The first-order chi connectivity index (χ1) is 53.9. The van der Waals surface area contributed by atoms with Gasteiger partial charge >= 0.3 is 0 Å². The largest absolute Gasteiger partial charge is 0.309 e. The Morgan fingerprint density at radius 1 is 0.218 bits per heavy atom. The lowest BCUT2D eigenvalue weighted by atomic mass is 9.91. The molecule has 0 amide bonds. The molecule has 110 heavy (non-hydrogen) atoms. The maximum atomic E-state index is 10.8. The van der Waals surface area contributed by atoms with E-state index in [-0.39, 0.29) is 77.9 Å². The maximum Gasteiger partial charge on any atom is 0.164 e. The quantitative estimate of drug-likeness (QED) is 0.116. The highest BCUT2D eigenvalue weighted by Crippen LogP contribution is 2.48. The van der Waals surface area contributed by atoms with Crippen LogP contribution >= 0.6 is 0 Å². The van der Waals surface area contributed by atoms with Crippen LogP contribution in [-0.2, 0) is 0 Å². The minimum absolute atomic E-state index is 0.0813. The Bertz CT molecular complexity index is 6800. The van der Waals surface area contributed by atoms with E-state index in [0.717, 1.165) is 22.3 Å². The molecule has 0 bridgehead atoms. The van der Waals surface area contributed by atoms with E-state index >= 15 is 0 Å². The molecule has 0 saturated heterocycles. The van der Waals surface area contributed by atoms with Gasteiger partial charge in [0.15, 0.2) is 17.5 Å². The molecule has 0 aliphatic rings. The molecule has 0 radical (unpaired) electrons. The molecule has 0 spiro atoms. The first-order valence-electron chi connectivity index (χ1n) is 33.7. The summed E-state index contributed by atoms with van der Waals surface area (Å²) in [6.07, 6.45) is 3.40. The number of aromatic nitrogens is 6. The van der Waals surface area contributed by atoms with Crippen LogP contribution in [-0.4, -0.2) is 29.1 Å². The van der Waals surface area contributed by atoms with E-state index in [4.69, 9.17) is 15.0 Å². The van der Waals surface area contributed by atoms with Crippen LogP contribution in [0.25, 0.3) is 156 Å². The molecular formula is C92H40N18. The molecule has 4 aromatic heterocycles. The first kappa shape index (κ1) is 66.8. The van der Waals surface area contributed by atoms with Crippen molar-refractivity contribution >= 4 is 43.6 Å². The van der Waals surface area contributed by atoms with Crippen molar-refractivity contribution in [1.82, 2.24) is 29.1 Å². The molecule has 0 aliphatic heterocycles. The first-order valence-corrected chi connectivity index (χ1v) is 33.7. The van der Waals surface area contributed by atoms with E-state index in [1.165, 1.54) is 48.5 Å². The second kappa shape index (κ2) is 27.6. The van der Waals surface area contributed by atoms with Crippen molar-refractivity contribution < 1.29 is 0 Å². The van der Waals surface area contributed by atoms with Crippen LogP contribution in [0.2, 0.25) is 0 Å². The molecule has 4 heterocycles. The number of fused-ring (bicyclic) bond motifs is 6. The van der Waals surface area contributed by atoms with Gasteiger partial charge in [0.2, 0.25) is 0 Å². The van der Waals surface area contributed by atoms with Crippen LogP contribution in [0, 0.1) is 136 Å². The molecule has 16 rings (SSSR count). The third kappa shape index (κ3) is 11.3. The second-order valence-corrected chi connectivity index (χ2v) is 25.5. The van der Waals surface area contributed by atoms with Gasteiger partial charge in [-0.05, 0) is 155 Å². The lowest BCUT2D eigenvalue weighted by Crippen LogP contribution is -2.04. The third-order valence-corrected chi connectivity index (χ3v) is 19.5. The van der Waals surface area contributed by atoms with E-state index in [0.29, 0.717) is 123 Å². The normalized spacial score (nSPS) is 10.6. The standard InChI is InChI=1S/C92H40N18/c93-41-53-27-66(45-97)86(67(28-53)46-98)61-13-19-80-76(35-61)77-36-62(87-68(47-99)29-54(42-94)30-69(87)48-100)14-20-81(77)109(80)84-39-60(57-23-25-105-26-24-57)11-17-74(84)75-18-12-65(92-107-90(58-7-3-1-4-8-58)106-91(108-92)59-9-5-2-6-10-59)40-85(75)110-82-21-15-63(88-70(49-101)31-55(43-95)32-71(88)50-102)37-78(82)79-38-64(16-22-83(79)110)89-72(51-103)33-56(44-96)34-73(89)52-104/h1-40H. The SMILES string of the molecule is N#Cc1cc(C#N)c(-c2ccc3c(c2)c2cc(-c4c(C#N)cc(C#N)cc4C#N)ccc2n3-c2cc(-c3ccncc3)ccc2-c2ccc(-c3nc(-c4ccccc4)nc(-c4ccccc4)n3)cc2-n2c3ccc(-c4c(C#N)cc(C#N)cc4C#N)cc3c3cc(-c4c(C#N)cc(C#N)cc4C#N)ccc32)c(C#N)c1. The smallest absolute Gasteiger partial charge is 0.164 e. The van der Waals surface area contributed by atoms with E-state index in [1.807, 2.05) is 164 Å². The van der Waals surface area contributed by atoms with Crippen molar-refractivity contribution in [3.05, 3.63) is 310 Å². The average molecular weight is 1400 g/mol. The molecule has 0 aliphatic carbocycles. The van der Waals surface area contributed by atoms with E-state index < -0.39 is 0 Å². The highest BCUT2D eigenvalue weighted by atomic mass is 15.0. The summed E-state index contributed by atoms with van der Waals surface area (Å²) in [6, 6.07) is 94.8. The number of nitrogens with zero attached hydrogens (tertiary/aromatic N) is 18. The maximum absolute atomic E-state index is 10.8. The summed E-state index contributed by atoms with van der Waals surface area (Å²) in [7, 11) is 0. The van der Waals surface area contributed by atoms with Crippen LogP contribution < -0.4 is 0 Å². The molecule has 0 saturated carbocycles. The summed E-state index contributed by atoms with van der Waals surface area (Å²) in [6.45, 7) is 0. The van der Waals surface area contributed by atoms with Gasteiger partial charge in [-0.3, -0.25) is 4.98 Å². The Kier molecular flexibility index (Phi) is 16.7. The summed E-state index contributed by atoms with van der Waals surface area (Å²) in [4.78, 5) is 19.9.